The van der Waals surface area contributed by atoms with Gasteiger partial charge in [0.05, 0.1) is 24.7 Å². The molecule has 2 heterocycles. The molecule has 5 atom stereocenters. The zero-order valence-electron chi connectivity index (χ0n) is 10.2. The molecule has 0 radical (unpaired) electrons. The van der Waals surface area contributed by atoms with Crippen LogP contribution in [0.1, 0.15) is 33.6 Å². The van der Waals surface area contributed by atoms with Gasteiger partial charge in [-0.25, -0.2) is 0 Å². The van der Waals surface area contributed by atoms with Gasteiger partial charge in [0.15, 0.2) is 0 Å². The molecule has 3 heteroatoms. The maximum atomic E-state index is 11.4. The zero-order chi connectivity index (χ0) is 11.5. The van der Waals surface area contributed by atoms with E-state index in [1.54, 1.807) is 0 Å². The molecule has 0 aromatic heterocycles. The molecular formula is C13H20O3. The molecule has 0 aromatic carbocycles. The molecule has 0 N–H and O–H groups in total. The molecule has 1 saturated carbocycles. The normalized spacial score (nSPS) is 50.6. The fourth-order valence-corrected chi connectivity index (χ4v) is 3.81. The second-order valence-electron chi connectivity index (χ2n) is 6.09. The molecule has 1 aliphatic carbocycles. The van der Waals surface area contributed by atoms with E-state index in [2.05, 4.69) is 20.8 Å². The van der Waals surface area contributed by atoms with Crippen LogP contribution < -0.4 is 0 Å². The Labute approximate surface area is 96.5 Å². The standard InChI is InChI=1S/C13H20O3/c1-7(2)8-4-11-13(3,16-11)10-5-12(14)15-6-9(8)10/h7-11H,4-6H2,1-3H3/t8-,9-,10-,11-,13+/m1/s1. The number of cyclic esters (lactones) is 1. The molecule has 0 aromatic rings. The number of carbonyl (C=O) groups excluding carboxylic acids is 1. The number of epoxide rings is 1. The van der Waals surface area contributed by atoms with Crippen molar-refractivity contribution in [3.8, 4) is 0 Å². The van der Waals surface area contributed by atoms with Crippen LogP contribution in [0, 0.1) is 23.7 Å². The number of rotatable bonds is 1. The zero-order valence-corrected chi connectivity index (χ0v) is 10.2. The second kappa shape index (κ2) is 3.22. The van der Waals surface area contributed by atoms with E-state index in [0.717, 1.165) is 6.42 Å². The Hall–Kier alpha value is -0.570. The van der Waals surface area contributed by atoms with Crippen molar-refractivity contribution in [2.24, 2.45) is 23.7 Å². The topological polar surface area (TPSA) is 38.8 Å². The van der Waals surface area contributed by atoms with Crippen molar-refractivity contribution in [1.82, 2.24) is 0 Å². The van der Waals surface area contributed by atoms with Gasteiger partial charge in [-0.2, -0.15) is 0 Å². The van der Waals surface area contributed by atoms with Crippen LogP contribution in [0.5, 0.6) is 0 Å². The lowest BCUT2D eigenvalue weighted by atomic mass is 9.62. The minimum atomic E-state index is -0.0406. The number of carbonyl (C=O) groups is 1. The summed E-state index contributed by atoms with van der Waals surface area (Å²) >= 11 is 0. The SMILES string of the molecule is CC(C)[C@H]1C[C@H]2O[C@@]2(C)[C@@H]2CC(=O)OC[C@H]12. The van der Waals surface area contributed by atoms with Gasteiger partial charge in [0.1, 0.15) is 0 Å². The summed E-state index contributed by atoms with van der Waals surface area (Å²) in [6, 6.07) is 0. The Bertz CT molecular complexity index is 325. The fourth-order valence-electron chi connectivity index (χ4n) is 3.81. The molecule has 2 saturated heterocycles. The third kappa shape index (κ3) is 1.33. The highest BCUT2D eigenvalue weighted by Gasteiger charge is 2.65. The van der Waals surface area contributed by atoms with Crippen molar-refractivity contribution in [1.29, 1.82) is 0 Å². The minimum absolute atomic E-state index is 0.0184. The van der Waals surface area contributed by atoms with E-state index < -0.39 is 0 Å². The van der Waals surface area contributed by atoms with Gasteiger partial charge in [-0.15, -0.1) is 0 Å². The summed E-state index contributed by atoms with van der Waals surface area (Å²) in [6.45, 7) is 7.31. The van der Waals surface area contributed by atoms with Gasteiger partial charge in [0, 0.05) is 11.8 Å². The Morgan fingerprint density at radius 3 is 2.88 bits per heavy atom. The van der Waals surface area contributed by atoms with E-state index in [0.29, 0.717) is 42.8 Å². The first-order valence-electron chi connectivity index (χ1n) is 6.36. The summed E-state index contributed by atoms with van der Waals surface area (Å²) in [5, 5.41) is 0. The minimum Gasteiger partial charge on any atom is -0.465 e. The van der Waals surface area contributed by atoms with Crippen LogP contribution in [-0.4, -0.2) is 24.3 Å². The lowest BCUT2D eigenvalue weighted by molar-refractivity contribution is -0.158. The summed E-state index contributed by atoms with van der Waals surface area (Å²) in [6.07, 6.45) is 2.10. The van der Waals surface area contributed by atoms with Crippen LogP contribution >= 0.6 is 0 Å². The number of fused-ring (bicyclic) bond motifs is 3. The Morgan fingerprint density at radius 1 is 1.44 bits per heavy atom. The predicted molar refractivity (Wildman–Crippen MR) is 58.8 cm³/mol. The molecule has 2 aliphatic heterocycles. The highest BCUT2D eigenvalue weighted by Crippen LogP contribution is 2.58. The first-order valence-corrected chi connectivity index (χ1v) is 6.36. The number of ether oxygens (including phenoxy) is 2. The van der Waals surface area contributed by atoms with Gasteiger partial charge in [0.25, 0.3) is 0 Å². The van der Waals surface area contributed by atoms with E-state index in [1.165, 1.54) is 0 Å². The van der Waals surface area contributed by atoms with Crippen LogP contribution in [-0.2, 0) is 14.3 Å². The summed E-state index contributed by atoms with van der Waals surface area (Å²) in [5.74, 6) is 2.17. The number of hydrogen-bond donors (Lipinski definition) is 0. The van der Waals surface area contributed by atoms with Crippen molar-refractivity contribution in [3.05, 3.63) is 0 Å². The largest absolute Gasteiger partial charge is 0.465 e. The van der Waals surface area contributed by atoms with Crippen LogP contribution in [0.2, 0.25) is 0 Å². The Morgan fingerprint density at radius 2 is 2.19 bits per heavy atom. The monoisotopic (exact) mass is 224 g/mol. The van der Waals surface area contributed by atoms with Crippen LogP contribution in [0.3, 0.4) is 0 Å². The Balaban J connectivity index is 1.87. The number of esters is 1. The molecule has 0 amide bonds. The quantitative estimate of drug-likeness (QED) is 0.505. The summed E-state index contributed by atoms with van der Waals surface area (Å²) in [4.78, 5) is 11.4. The lowest BCUT2D eigenvalue weighted by Gasteiger charge is -2.43. The van der Waals surface area contributed by atoms with E-state index in [1.807, 2.05) is 0 Å². The van der Waals surface area contributed by atoms with Crippen molar-refractivity contribution in [2.45, 2.75) is 45.3 Å². The molecule has 0 unspecified atom stereocenters. The first kappa shape index (κ1) is 10.6. The van der Waals surface area contributed by atoms with Gasteiger partial charge in [0.2, 0.25) is 0 Å². The van der Waals surface area contributed by atoms with Gasteiger partial charge < -0.3 is 9.47 Å². The molecular weight excluding hydrogens is 204 g/mol. The third-order valence-corrected chi connectivity index (χ3v) is 4.95. The van der Waals surface area contributed by atoms with Crippen molar-refractivity contribution in [3.63, 3.8) is 0 Å². The van der Waals surface area contributed by atoms with E-state index in [-0.39, 0.29) is 11.6 Å². The average Bonchev–Trinajstić information content (AvgIpc) is 2.89. The molecule has 0 bridgehead atoms. The van der Waals surface area contributed by atoms with Gasteiger partial charge in [-0.05, 0) is 25.2 Å². The highest BCUT2D eigenvalue weighted by molar-refractivity contribution is 5.71. The second-order valence-corrected chi connectivity index (χ2v) is 6.09. The number of hydrogen-bond acceptors (Lipinski definition) is 3. The Kier molecular flexibility index (Phi) is 2.13. The lowest BCUT2D eigenvalue weighted by Crippen LogP contribution is -2.48. The molecule has 3 aliphatic rings. The summed E-state index contributed by atoms with van der Waals surface area (Å²) in [5.41, 5.74) is -0.0184. The van der Waals surface area contributed by atoms with Gasteiger partial charge in [-0.1, -0.05) is 13.8 Å². The maximum Gasteiger partial charge on any atom is 0.306 e. The average molecular weight is 224 g/mol. The maximum absolute atomic E-state index is 11.4. The molecule has 3 rings (SSSR count). The van der Waals surface area contributed by atoms with Gasteiger partial charge in [-0.3, -0.25) is 4.79 Å². The molecule has 90 valence electrons. The first-order chi connectivity index (χ1) is 7.52. The smallest absolute Gasteiger partial charge is 0.306 e. The molecule has 16 heavy (non-hydrogen) atoms. The summed E-state index contributed by atoms with van der Waals surface area (Å²) < 4.78 is 11.1. The van der Waals surface area contributed by atoms with Crippen molar-refractivity contribution in [2.75, 3.05) is 6.61 Å². The van der Waals surface area contributed by atoms with Crippen molar-refractivity contribution >= 4 is 5.97 Å². The van der Waals surface area contributed by atoms with Crippen LogP contribution in [0.25, 0.3) is 0 Å². The molecule has 3 fully saturated rings. The van der Waals surface area contributed by atoms with Crippen LogP contribution in [0.4, 0.5) is 0 Å². The van der Waals surface area contributed by atoms with E-state index in [4.69, 9.17) is 9.47 Å². The highest BCUT2D eigenvalue weighted by atomic mass is 16.6. The van der Waals surface area contributed by atoms with E-state index in [9.17, 15) is 4.79 Å². The van der Waals surface area contributed by atoms with Crippen LogP contribution in [0.15, 0.2) is 0 Å². The van der Waals surface area contributed by atoms with Crippen molar-refractivity contribution < 1.29 is 14.3 Å². The molecule has 0 spiro atoms. The predicted octanol–water partition coefficient (Wildman–Crippen LogP) is 2.00. The summed E-state index contributed by atoms with van der Waals surface area (Å²) in [7, 11) is 0. The van der Waals surface area contributed by atoms with E-state index >= 15 is 0 Å². The fraction of sp³-hybridized carbons (Fsp3) is 0.923. The third-order valence-electron chi connectivity index (χ3n) is 4.95. The molecule has 3 nitrogen and oxygen atoms in total. The van der Waals surface area contributed by atoms with Gasteiger partial charge >= 0.3 is 5.97 Å².